The molecule has 1 aliphatic rings. The van der Waals surface area contributed by atoms with Crippen LogP contribution in [-0.4, -0.2) is 39.3 Å². The lowest BCUT2D eigenvalue weighted by molar-refractivity contribution is -0.122. The zero-order valence-electron chi connectivity index (χ0n) is 15.5. The molecular weight excluding hydrogens is 340 g/mol. The number of nitrogens with one attached hydrogen (secondary N) is 2. The van der Waals surface area contributed by atoms with Gasteiger partial charge < -0.3 is 20.1 Å². The molecule has 1 saturated heterocycles. The first kappa shape index (κ1) is 21.6. The van der Waals surface area contributed by atoms with Gasteiger partial charge in [-0.25, -0.2) is 0 Å². The molecule has 25 heavy (non-hydrogen) atoms. The highest BCUT2D eigenvalue weighted by molar-refractivity contribution is 5.85. The van der Waals surface area contributed by atoms with E-state index in [-0.39, 0.29) is 24.4 Å². The van der Waals surface area contributed by atoms with Crippen molar-refractivity contribution < 1.29 is 14.3 Å². The van der Waals surface area contributed by atoms with Crippen molar-refractivity contribution in [3.05, 3.63) is 23.8 Å². The molecule has 1 aliphatic heterocycles. The molecule has 1 unspecified atom stereocenters. The van der Waals surface area contributed by atoms with E-state index in [0.29, 0.717) is 12.3 Å². The summed E-state index contributed by atoms with van der Waals surface area (Å²) in [6.45, 7) is 4.21. The lowest BCUT2D eigenvalue weighted by Crippen LogP contribution is -2.35. The molecule has 5 nitrogen and oxygen atoms in total. The van der Waals surface area contributed by atoms with Crippen LogP contribution in [0.2, 0.25) is 0 Å². The Labute approximate surface area is 157 Å². The standard InChI is InChI=1S/C19H30N2O3.ClH/c1-14(12-16-4-6-17(23-2)18(13-16)24-3)21-19(22)7-5-15-8-10-20-11-9-15;/h4,6,13-15,20H,5,7-12H2,1-3H3,(H,21,22);1H. The number of halogens is 1. The van der Waals surface area contributed by atoms with Gasteiger partial charge in [-0.1, -0.05) is 6.07 Å². The van der Waals surface area contributed by atoms with Gasteiger partial charge in [-0.15, -0.1) is 12.4 Å². The van der Waals surface area contributed by atoms with E-state index in [1.807, 2.05) is 25.1 Å². The zero-order valence-corrected chi connectivity index (χ0v) is 16.3. The zero-order chi connectivity index (χ0) is 17.4. The Hall–Kier alpha value is -1.46. The maximum absolute atomic E-state index is 12.1. The summed E-state index contributed by atoms with van der Waals surface area (Å²) in [5.74, 6) is 2.29. The molecule has 6 heteroatoms. The molecule has 1 amide bonds. The number of carbonyl (C=O) groups is 1. The van der Waals surface area contributed by atoms with Gasteiger partial charge in [0.1, 0.15) is 0 Å². The van der Waals surface area contributed by atoms with E-state index in [2.05, 4.69) is 10.6 Å². The predicted molar refractivity (Wildman–Crippen MR) is 103 cm³/mol. The van der Waals surface area contributed by atoms with Gasteiger partial charge in [0.25, 0.3) is 0 Å². The number of benzene rings is 1. The molecule has 0 saturated carbocycles. The summed E-state index contributed by atoms with van der Waals surface area (Å²) >= 11 is 0. The topological polar surface area (TPSA) is 59.6 Å². The van der Waals surface area contributed by atoms with Crippen LogP contribution in [-0.2, 0) is 11.2 Å². The number of carbonyl (C=O) groups excluding carboxylic acids is 1. The highest BCUT2D eigenvalue weighted by Gasteiger charge is 2.16. The fourth-order valence-electron chi connectivity index (χ4n) is 3.26. The third-order valence-electron chi connectivity index (χ3n) is 4.64. The van der Waals surface area contributed by atoms with E-state index in [4.69, 9.17) is 9.47 Å². The molecule has 1 atom stereocenters. The summed E-state index contributed by atoms with van der Waals surface area (Å²) in [5.41, 5.74) is 1.12. The quantitative estimate of drug-likeness (QED) is 0.738. The van der Waals surface area contributed by atoms with E-state index in [1.54, 1.807) is 14.2 Å². The second kappa shape index (κ2) is 11.2. The predicted octanol–water partition coefficient (Wildman–Crippen LogP) is 2.95. The normalized spacial score (nSPS) is 15.8. The van der Waals surface area contributed by atoms with Crippen molar-refractivity contribution in [3.8, 4) is 11.5 Å². The SMILES string of the molecule is COc1ccc(CC(C)NC(=O)CCC2CCNCC2)cc1OC.Cl. The fourth-order valence-corrected chi connectivity index (χ4v) is 3.26. The molecule has 1 aromatic carbocycles. The first-order chi connectivity index (χ1) is 11.6. The van der Waals surface area contributed by atoms with Crippen LogP contribution in [0.25, 0.3) is 0 Å². The van der Waals surface area contributed by atoms with Crippen molar-refractivity contribution in [2.24, 2.45) is 5.92 Å². The number of methoxy groups -OCH3 is 2. The van der Waals surface area contributed by atoms with Crippen molar-refractivity contribution in [2.75, 3.05) is 27.3 Å². The van der Waals surface area contributed by atoms with E-state index in [9.17, 15) is 4.79 Å². The Bertz CT molecular complexity index is 533. The molecule has 2 rings (SSSR count). The van der Waals surface area contributed by atoms with Crippen molar-refractivity contribution in [2.45, 2.75) is 45.1 Å². The van der Waals surface area contributed by atoms with Crippen LogP contribution in [0.1, 0.15) is 38.2 Å². The second-order valence-corrected chi connectivity index (χ2v) is 6.59. The number of rotatable bonds is 8. The first-order valence-corrected chi connectivity index (χ1v) is 8.83. The Morgan fingerprint density at radius 2 is 1.92 bits per heavy atom. The van der Waals surface area contributed by atoms with E-state index in [0.717, 1.165) is 43.0 Å². The molecule has 1 heterocycles. The minimum atomic E-state index is 0. The van der Waals surface area contributed by atoms with Crippen LogP contribution in [0.3, 0.4) is 0 Å². The lowest BCUT2D eigenvalue weighted by atomic mass is 9.93. The Kier molecular flexibility index (Phi) is 9.68. The van der Waals surface area contributed by atoms with Gasteiger partial charge in [0.15, 0.2) is 11.5 Å². The third kappa shape index (κ3) is 7.12. The van der Waals surface area contributed by atoms with Crippen LogP contribution in [0.4, 0.5) is 0 Å². The monoisotopic (exact) mass is 370 g/mol. The highest BCUT2D eigenvalue weighted by Crippen LogP contribution is 2.28. The van der Waals surface area contributed by atoms with E-state index >= 15 is 0 Å². The molecule has 0 aliphatic carbocycles. The van der Waals surface area contributed by atoms with Gasteiger partial charge in [-0.05, 0) is 69.3 Å². The maximum atomic E-state index is 12.1. The molecule has 1 fully saturated rings. The summed E-state index contributed by atoms with van der Waals surface area (Å²) in [6, 6.07) is 5.98. The van der Waals surface area contributed by atoms with Gasteiger partial charge in [-0.2, -0.15) is 0 Å². The van der Waals surface area contributed by atoms with Crippen LogP contribution in [0, 0.1) is 5.92 Å². The van der Waals surface area contributed by atoms with Gasteiger partial charge in [-0.3, -0.25) is 4.79 Å². The minimum Gasteiger partial charge on any atom is -0.493 e. The summed E-state index contributed by atoms with van der Waals surface area (Å²) < 4.78 is 10.6. The first-order valence-electron chi connectivity index (χ1n) is 8.83. The number of hydrogen-bond donors (Lipinski definition) is 2. The second-order valence-electron chi connectivity index (χ2n) is 6.59. The van der Waals surface area contributed by atoms with Crippen molar-refractivity contribution in [3.63, 3.8) is 0 Å². The van der Waals surface area contributed by atoms with Gasteiger partial charge in [0.2, 0.25) is 5.91 Å². The molecule has 0 aromatic heterocycles. The largest absolute Gasteiger partial charge is 0.493 e. The summed E-state index contributed by atoms with van der Waals surface area (Å²) in [4.78, 5) is 12.1. The molecular formula is C19H31ClN2O3. The molecule has 0 spiro atoms. The van der Waals surface area contributed by atoms with E-state index < -0.39 is 0 Å². The molecule has 1 aromatic rings. The highest BCUT2D eigenvalue weighted by atomic mass is 35.5. The van der Waals surface area contributed by atoms with Crippen molar-refractivity contribution in [1.29, 1.82) is 0 Å². The Morgan fingerprint density at radius 3 is 2.56 bits per heavy atom. The van der Waals surface area contributed by atoms with Crippen LogP contribution < -0.4 is 20.1 Å². The average molecular weight is 371 g/mol. The van der Waals surface area contributed by atoms with Crippen molar-refractivity contribution >= 4 is 18.3 Å². The molecule has 0 bridgehead atoms. The number of ether oxygens (including phenoxy) is 2. The molecule has 2 N–H and O–H groups in total. The smallest absolute Gasteiger partial charge is 0.220 e. The summed E-state index contributed by atoms with van der Waals surface area (Å²) in [5, 5.41) is 6.47. The fraction of sp³-hybridized carbons (Fsp3) is 0.632. The van der Waals surface area contributed by atoms with Crippen LogP contribution in [0.5, 0.6) is 11.5 Å². The van der Waals surface area contributed by atoms with E-state index in [1.165, 1.54) is 12.8 Å². The average Bonchev–Trinajstić information content (AvgIpc) is 2.60. The maximum Gasteiger partial charge on any atom is 0.220 e. The van der Waals surface area contributed by atoms with Gasteiger partial charge in [0, 0.05) is 12.5 Å². The Morgan fingerprint density at radius 1 is 1.24 bits per heavy atom. The third-order valence-corrected chi connectivity index (χ3v) is 4.64. The van der Waals surface area contributed by atoms with Crippen molar-refractivity contribution in [1.82, 2.24) is 10.6 Å². The Balaban J connectivity index is 0.00000312. The van der Waals surface area contributed by atoms with Gasteiger partial charge in [0.05, 0.1) is 14.2 Å². The minimum absolute atomic E-state index is 0. The number of piperidine rings is 1. The van der Waals surface area contributed by atoms with Crippen LogP contribution >= 0.6 is 12.4 Å². The molecule has 0 radical (unpaired) electrons. The summed E-state index contributed by atoms with van der Waals surface area (Å²) in [6.07, 6.45) is 4.78. The number of hydrogen-bond acceptors (Lipinski definition) is 4. The lowest BCUT2D eigenvalue weighted by Gasteiger charge is -2.22. The van der Waals surface area contributed by atoms with Crippen LogP contribution in [0.15, 0.2) is 18.2 Å². The number of amides is 1. The summed E-state index contributed by atoms with van der Waals surface area (Å²) in [7, 11) is 3.26. The van der Waals surface area contributed by atoms with Gasteiger partial charge >= 0.3 is 0 Å². The molecule has 142 valence electrons.